The van der Waals surface area contributed by atoms with Gasteiger partial charge in [0.1, 0.15) is 0 Å². The number of carbonyl (C=O) groups excluding carboxylic acids is 2. The van der Waals surface area contributed by atoms with Crippen molar-refractivity contribution in [3.63, 3.8) is 0 Å². The third-order valence-corrected chi connectivity index (χ3v) is 14.0. The number of hydrogen-bond acceptors (Lipinski definition) is 4. The molecular weight excluding hydrogens is 727 g/mol. The second-order valence-corrected chi connectivity index (χ2v) is 19.3. The molecule has 0 aliphatic carbocycles. The van der Waals surface area contributed by atoms with Crippen molar-refractivity contribution in [2.45, 2.75) is 291 Å². The highest BCUT2D eigenvalue weighted by atomic mass is 16.3. The largest absolute Gasteiger partial charge is 0.396 e. The number of carbonyl (C=O) groups is 2. The molecule has 6 nitrogen and oxygen atoms in total. The Bertz CT molecular complexity index is 848. The van der Waals surface area contributed by atoms with Gasteiger partial charge >= 0.3 is 0 Å². The molecule has 0 rings (SSSR count). The van der Waals surface area contributed by atoms with Crippen LogP contribution in [0.3, 0.4) is 0 Å². The first kappa shape index (κ1) is 57.9. The van der Waals surface area contributed by atoms with Crippen molar-refractivity contribution in [2.75, 3.05) is 26.2 Å². The van der Waals surface area contributed by atoms with E-state index in [1.165, 1.54) is 186 Å². The first-order valence-electron chi connectivity index (χ1n) is 26.7. The summed E-state index contributed by atoms with van der Waals surface area (Å²) in [4.78, 5) is 28.6. The zero-order chi connectivity index (χ0) is 43.6. The maximum absolute atomic E-state index is 12.9. The van der Waals surface area contributed by atoms with E-state index >= 15 is 0 Å². The lowest BCUT2D eigenvalue weighted by atomic mass is 9.73. The summed E-state index contributed by atoms with van der Waals surface area (Å²) >= 11 is 0. The van der Waals surface area contributed by atoms with Crippen molar-refractivity contribution in [1.82, 2.24) is 4.90 Å². The van der Waals surface area contributed by atoms with Gasteiger partial charge in [-0.2, -0.15) is 0 Å². The van der Waals surface area contributed by atoms with Crippen molar-refractivity contribution in [3.05, 3.63) is 0 Å². The molecule has 0 heterocycles. The summed E-state index contributed by atoms with van der Waals surface area (Å²) in [5, 5.41) is 9.30. The zero-order valence-electron chi connectivity index (χ0n) is 40.7. The molecule has 2 unspecified atom stereocenters. The molecule has 2 atom stereocenters. The van der Waals surface area contributed by atoms with Gasteiger partial charge in [0.2, 0.25) is 11.8 Å². The molecular formula is C53H107N3O3. The fourth-order valence-electron chi connectivity index (χ4n) is 9.73. The van der Waals surface area contributed by atoms with Crippen molar-refractivity contribution in [3.8, 4) is 0 Å². The van der Waals surface area contributed by atoms with E-state index in [1.54, 1.807) is 0 Å². The normalized spacial score (nSPS) is 13.9. The van der Waals surface area contributed by atoms with Gasteiger partial charge in [-0.15, -0.1) is 0 Å². The lowest BCUT2D eigenvalue weighted by Gasteiger charge is -2.31. The van der Waals surface area contributed by atoms with Crippen LogP contribution in [0.25, 0.3) is 0 Å². The molecule has 5 N–H and O–H groups in total. The molecule has 0 saturated carbocycles. The highest BCUT2D eigenvalue weighted by Gasteiger charge is 2.35. The van der Waals surface area contributed by atoms with E-state index in [1.807, 2.05) is 0 Å². The smallest absolute Gasteiger partial charge is 0.223 e. The maximum Gasteiger partial charge on any atom is 0.223 e. The fraction of sp³-hybridized carbons (Fsp3) is 0.962. The number of hydrogen-bond donors (Lipinski definition) is 3. The van der Waals surface area contributed by atoms with Crippen molar-refractivity contribution < 1.29 is 14.7 Å². The Kier molecular flexibility index (Phi) is 41.4. The Morgan fingerprint density at radius 1 is 0.339 bits per heavy atom. The quantitative estimate of drug-likeness (QED) is 0.0530. The predicted octanol–water partition coefficient (Wildman–Crippen LogP) is 15.3. The van der Waals surface area contributed by atoms with E-state index in [-0.39, 0.29) is 22.6 Å². The molecule has 0 aromatic carbocycles. The summed E-state index contributed by atoms with van der Waals surface area (Å²) in [7, 11) is 0. The molecule has 0 spiro atoms. The highest BCUT2D eigenvalue weighted by molar-refractivity contribution is 5.81. The van der Waals surface area contributed by atoms with Crippen LogP contribution < -0.4 is 11.5 Å². The summed E-state index contributed by atoms with van der Waals surface area (Å²) in [6, 6.07) is 0. The minimum atomic E-state index is -0.285. The van der Waals surface area contributed by atoms with Gasteiger partial charge in [-0.05, 0) is 90.3 Å². The van der Waals surface area contributed by atoms with Gasteiger partial charge in [0.15, 0.2) is 0 Å². The number of rotatable bonds is 49. The van der Waals surface area contributed by atoms with Crippen LogP contribution >= 0.6 is 0 Å². The van der Waals surface area contributed by atoms with Gasteiger partial charge in [-0.25, -0.2) is 0 Å². The van der Waals surface area contributed by atoms with Crippen LogP contribution in [0.2, 0.25) is 0 Å². The average Bonchev–Trinajstić information content (AvgIpc) is 3.22. The number of primary amides is 2. The molecule has 0 aromatic heterocycles. The van der Waals surface area contributed by atoms with E-state index in [9.17, 15) is 14.7 Å². The van der Waals surface area contributed by atoms with Crippen molar-refractivity contribution >= 4 is 11.8 Å². The molecule has 0 saturated heterocycles. The Hall–Kier alpha value is -1.14. The summed E-state index contributed by atoms with van der Waals surface area (Å²) in [6.45, 7) is 12.9. The van der Waals surface area contributed by atoms with E-state index < -0.39 is 0 Å². The van der Waals surface area contributed by atoms with Gasteiger partial charge in [0, 0.05) is 17.4 Å². The summed E-state index contributed by atoms with van der Waals surface area (Å²) in [6.07, 6.45) is 48.9. The minimum absolute atomic E-state index is 0.0320. The SMILES string of the molecule is CCCCCCCCC(CCCCCC)(CCCCCCCCN(CCCCCO)CCCCCCCCC(CCCCCC)(CCCCCCCC)C(N)=O)C(N)=O. The van der Waals surface area contributed by atoms with Crippen LogP contribution in [0.15, 0.2) is 0 Å². The van der Waals surface area contributed by atoms with Crippen LogP contribution in [0.1, 0.15) is 291 Å². The van der Waals surface area contributed by atoms with E-state index in [4.69, 9.17) is 11.5 Å². The van der Waals surface area contributed by atoms with E-state index in [0.717, 1.165) is 96.4 Å². The molecule has 0 radical (unpaired) electrons. The van der Waals surface area contributed by atoms with Crippen LogP contribution in [0.4, 0.5) is 0 Å². The molecule has 6 heteroatoms. The molecule has 0 bridgehead atoms. The lowest BCUT2D eigenvalue weighted by molar-refractivity contribution is -0.130. The van der Waals surface area contributed by atoms with Crippen molar-refractivity contribution in [1.29, 1.82) is 0 Å². The topological polar surface area (TPSA) is 110 Å². The molecule has 352 valence electrons. The molecule has 0 fully saturated rings. The van der Waals surface area contributed by atoms with E-state index in [0.29, 0.717) is 6.61 Å². The first-order valence-corrected chi connectivity index (χ1v) is 26.7. The maximum atomic E-state index is 12.9. The van der Waals surface area contributed by atoms with Gasteiger partial charge in [0.05, 0.1) is 0 Å². The molecule has 0 aromatic rings. The summed E-state index contributed by atoms with van der Waals surface area (Å²) < 4.78 is 0. The van der Waals surface area contributed by atoms with Gasteiger partial charge < -0.3 is 21.5 Å². The third kappa shape index (κ3) is 32.2. The van der Waals surface area contributed by atoms with Gasteiger partial charge in [-0.1, -0.05) is 220 Å². The van der Waals surface area contributed by atoms with Gasteiger partial charge in [-0.3, -0.25) is 9.59 Å². The molecule has 2 amide bonds. The first-order chi connectivity index (χ1) is 28.8. The van der Waals surface area contributed by atoms with Crippen LogP contribution in [0, 0.1) is 10.8 Å². The van der Waals surface area contributed by atoms with Crippen molar-refractivity contribution in [2.24, 2.45) is 22.3 Å². The number of unbranched alkanes of at least 4 members (excludes halogenated alkanes) is 28. The van der Waals surface area contributed by atoms with E-state index in [2.05, 4.69) is 32.6 Å². The zero-order valence-corrected chi connectivity index (χ0v) is 40.7. The third-order valence-electron chi connectivity index (χ3n) is 14.0. The van der Waals surface area contributed by atoms with Crippen LogP contribution in [-0.4, -0.2) is 48.1 Å². The number of nitrogens with two attached hydrogens (primary N) is 2. The Labute approximate surface area is 369 Å². The molecule has 0 aliphatic rings. The Morgan fingerprint density at radius 3 is 0.780 bits per heavy atom. The molecule has 0 aliphatic heterocycles. The highest BCUT2D eigenvalue weighted by Crippen LogP contribution is 2.39. The number of nitrogens with zero attached hydrogens (tertiary/aromatic N) is 1. The Morgan fingerprint density at radius 2 is 0.542 bits per heavy atom. The standard InChI is InChI=1S/C53H107N3O3/c1-5-9-13-17-23-32-42-52(50(54)58,40-30-15-11-7-3)44-34-25-19-21-27-36-46-56(48-38-29-39-49-57)47-37-28-22-20-26-35-45-53(51(55)59,41-31-16-12-8-4)43-33-24-18-14-10-6-2/h57H,5-49H2,1-4H3,(H2,54,58)(H2,55,59). The number of amides is 2. The number of aliphatic hydroxyl groups is 1. The predicted molar refractivity (Wildman–Crippen MR) is 259 cm³/mol. The van der Waals surface area contributed by atoms with Crippen LogP contribution in [-0.2, 0) is 9.59 Å². The average molecular weight is 834 g/mol. The summed E-state index contributed by atoms with van der Waals surface area (Å²) in [5.41, 5.74) is 11.8. The molecule has 59 heavy (non-hydrogen) atoms. The van der Waals surface area contributed by atoms with Gasteiger partial charge in [0.25, 0.3) is 0 Å². The Balaban J connectivity index is 4.70. The second-order valence-electron chi connectivity index (χ2n) is 19.3. The fourth-order valence-corrected chi connectivity index (χ4v) is 9.73. The number of aliphatic hydroxyl groups excluding tert-OH is 1. The summed E-state index contributed by atoms with van der Waals surface area (Å²) in [5.74, 6) is -0.0639. The monoisotopic (exact) mass is 834 g/mol. The second kappa shape index (κ2) is 42.2. The minimum Gasteiger partial charge on any atom is -0.396 e. The lowest BCUT2D eigenvalue weighted by Crippen LogP contribution is -2.37. The van der Waals surface area contributed by atoms with Crippen LogP contribution in [0.5, 0.6) is 0 Å².